The van der Waals surface area contributed by atoms with Crippen LogP contribution in [0, 0.1) is 6.92 Å². The molecule has 6 nitrogen and oxygen atoms in total. The molecule has 0 radical (unpaired) electrons. The van der Waals surface area contributed by atoms with E-state index in [0.717, 1.165) is 5.56 Å². The summed E-state index contributed by atoms with van der Waals surface area (Å²) in [5.74, 6) is 0.361. The van der Waals surface area contributed by atoms with Crippen molar-refractivity contribution in [3.05, 3.63) is 41.5 Å². The third kappa shape index (κ3) is 2.92. The maximum absolute atomic E-state index is 11.7. The van der Waals surface area contributed by atoms with Gasteiger partial charge in [-0.1, -0.05) is 12.1 Å². The second kappa shape index (κ2) is 5.42. The maximum atomic E-state index is 11.7. The van der Waals surface area contributed by atoms with Gasteiger partial charge in [0, 0.05) is 12.3 Å². The number of nitrogens with one attached hydrogen (secondary N) is 2. The number of H-pyrrole nitrogens is 1. The number of amides is 1. The van der Waals surface area contributed by atoms with Crippen molar-refractivity contribution in [2.24, 2.45) is 0 Å². The Morgan fingerprint density at radius 3 is 2.67 bits per heavy atom. The summed E-state index contributed by atoms with van der Waals surface area (Å²) in [4.78, 5) is 15.7. The molecule has 0 aliphatic heterocycles. The van der Waals surface area contributed by atoms with Crippen molar-refractivity contribution in [1.82, 2.24) is 15.2 Å². The third-order valence-corrected chi connectivity index (χ3v) is 2.41. The molecule has 2 aromatic rings. The average molecular weight is 246 g/mol. The van der Waals surface area contributed by atoms with E-state index >= 15 is 0 Å². The molecule has 0 unspecified atom stereocenters. The summed E-state index contributed by atoms with van der Waals surface area (Å²) in [5, 5.41) is 17.9. The number of carbonyl (C=O) groups excluding carboxylic acids is 1. The largest absolute Gasteiger partial charge is 0.396 e. The van der Waals surface area contributed by atoms with Crippen LogP contribution in [0.1, 0.15) is 22.0 Å². The van der Waals surface area contributed by atoms with Crippen molar-refractivity contribution >= 4 is 11.6 Å². The van der Waals surface area contributed by atoms with Crippen molar-refractivity contribution in [2.45, 2.75) is 13.3 Å². The van der Waals surface area contributed by atoms with Crippen LogP contribution in [0.5, 0.6) is 0 Å². The molecule has 0 spiro atoms. The quantitative estimate of drug-likeness (QED) is 0.747. The third-order valence-electron chi connectivity index (χ3n) is 2.41. The number of rotatable bonds is 4. The van der Waals surface area contributed by atoms with Gasteiger partial charge in [-0.05, 0) is 31.0 Å². The fourth-order valence-electron chi connectivity index (χ4n) is 1.52. The molecular formula is C12H14N4O2. The zero-order chi connectivity index (χ0) is 13.0. The minimum absolute atomic E-state index is 0.113. The number of hydrogen-bond donors (Lipinski definition) is 3. The van der Waals surface area contributed by atoms with Gasteiger partial charge in [-0.2, -0.15) is 0 Å². The average Bonchev–Trinajstić information content (AvgIpc) is 2.79. The van der Waals surface area contributed by atoms with Crippen LogP contribution in [-0.4, -0.2) is 32.8 Å². The second-order valence-corrected chi connectivity index (χ2v) is 3.87. The predicted molar refractivity (Wildman–Crippen MR) is 66.3 cm³/mol. The van der Waals surface area contributed by atoms with Crippen LogP contribution in [-0.2, 0) is 6.42 Å². The lowest BCUT2D eigenvalue weighted by atomic mass is 10.1. The van der Waals surface area contributed by atoms with Gasteiger partial charge in [-0.15, -0.1) is 5.10 Å². The fourth-order valence-corrected chi connectivity index (χ4v) is 1.52. The van der Waals surface area contributed by atoms with Gasteiger partial charge in [0.1, 0.15) is 5.82 Å². The Morgan fingerprint density at radius 1 is 1.39 bits per heavy atom. The zero-order valence-corrected chi connectivity index (χ0v) is 9.97. The molecular weight excluding hydrogens is 232 g/mol. The molecule has 0 aliphatic carbocycles. The summed E-state index contributed by atoms with van der Waals surface area (Å²) in [6.45, 7) is 1.84. The number of aromatic amines is 1. The smallest absolute Gasteiger partial charge is 0.295 e. The Hall–Kier alpha value is -2.21. The van der Waals surface area contributed by atoms with Crippen molar-refractivity contribution in [1.29, 1.82) is 0 Å². The summed E-state index contributed by atoms with van der Waals surface area (Å²) in [6.07, 6.45) is 0.605. The van der Waals surface area contributed by atoms with Gasteiger partial charge < -0.3 is 10.4 Å². The standard InChI is InChI=1S/C12H14N4O2/c1-8-13-11(16-15-8)12(18)14-10-4-2-9(3-5-10)6-7-17/h2-5,17H,6-7H2,1H3,(H,14,18)(H,13,15,16). The highest BCUT2D eigenvalue weighted by atomic mass is 16.2. The summed E-state index contributed by atoms with van der Waals surface area (Å²) in [7, 11) is 0. The van der Waals surface area contributed by atoms with E-state index in [-0.39, 0.29) is 18.3 Å². The zero-order valence-electron chi connectivity index (χ0n) is 9.97. The van der Waals surface area contributed by atoms with Gasteiger partial charge in [0.2, 0.25) is 5.82 Å². The number of anilines is 1. The summed E-state index contributed by atoms with van der Waals surface area (Å²) in [6, 6.07) is 7.27. The Bertz CT molecular complexity index is 533. The Morgan fingerprint density at radius 2 is 2.11 bits per heavy atom. The number of nitrogens with zero attached hydrogens (tertiary/aromatic N) is 2. The Labute approximate surface area is 104 Å². The van der Waals surface area contributed by atoms with Gasteiger partial charge in [0.05, 0.1) is 0 Å². The fraction of sp³-hybridized carbons (Fsp3) is 0.250. The molecule has 0 fully saturated rings. The van der Waals surface area contributed by atoms with Gasteiger partial charge in [0.15, 0.2) is 0 Å². The molecule has 1 aromatic carbocycles. The molecule has 6 heteroatoms. The number of aliphatic hydroxyl groups is 1. The summed E-state index contributed by atoms with van der Waals surface area (Å²) < 4.78 is 0. The van der Waals surface area contributed by atoms with Crippen molar-refractivity contribution in [2.75, 3.05) is 11.9 Å². The van der Waals surface area contributed by atoms with E-state index in [4.69, 9.17) is 5.11 Å². The van der Waals surface area contributed by atoms with Crippen molar-refractivity contribution in [3.63, 3.8) is 0 Å². The van der Waals surface area contributed by atoms with Crippen LogP contribution in [0.25, 0.3) is 0 Å². The summed E-state index contributed by atoms with van der Waals surface area (Å²) in [5.41, 5.74) is 1.69. The maximum Gasteiger partial charge on any atom is 0.295 e. The topological polar surface area (TPSA) is 90.9 Å². The number of aliphatic hydroxyl groups excluding tert-OH is 1. The van der Waals surface area contributed by atoms with Crippen LogP contribution in [0.4, 0.5) is 5.69 Å². The lowest BCUT2D eigenvalue weighted by Gasteiger charge is -2.03. The number of hydrogen-bond acceptors (Lipinski definition) is 4. The van der Waals surface area contributed by atoms with Crippen LogP contribution in [0.15, 0.2) is 24.3 Å². The van der Waals surface area contributed by atoms with E-state index in [0.29, 0.717) is 17.9 Å². The Kier molecular flexibility index (Phi) is 3.69. The molecule has 3 N–H and O–H groups in total. The molecule has 1 amide bonds. The number of carbonyl (C=O) groups is 1. The first-order valence-electron chi connectivity index (χ1n) is 5.59. The molecule has 0 saturated carbocycles. The second-order valence-electron chi connectivity index (χ2n) is 3.87. The summed E-state index contributed by atoms with van der Waals surface area (Å²) >= 11 is 0. The normalized spacial score (nSPS) is 10.3. The Balaban J connectivity index is 2.03. The first-order valence-corrected chi connectivity index (χ1v) is 5.59. The SMILES string of the molecule is Cc1nc(C(=O)Nc2ccc(CCO)cc2)n[nH]1. The van der Waals surface area contributed by atoms with E-state index in [2.05, 4.69) is 20.5 Å². The van der Waals surface area contributed by atoms with E-state index < -0.39 is 0 Å². The van der Waals surface area contributed by atoms with E-state index in [1.165, 1.54) is 0 Å². The minimum Gasteiger partial charge on any atom is -0.396 e. The lowest BCUT2D eigenvalue weighted by molar-refractivity contribution is 0.101. The highest BCUT2D eigenvalue weighted by Crippen LogP contribution is 2.10. The van der Waals surface area contributed by atoms with Gasteiger partial charge in [-0.3, -0.25) is 9.89 Å². The van der Waals surface area contributed by atoms with E-state index in [9.17, 15) is 4.79 Å². The van der Waals surface area contributed by atoms with Gasteiger partial charge >= 0.3 is 0 Å². The first kappa shape index (κ1) is 12.3. The molecule has 94 valence electrons. The van der Waals surface area contributed by atoms with Crippen molar-refractivity contribution in [3.8, 4) is 0 Å². The number of benzene rings is 1. The molecule has 0 aliphatic rings. The molecule has 1 aromatic heterocycles. The van der Waals surface area contributed by atoms with Crippen LogP contribution in [0.2, 0.25) is 0 Å². The molecule has 18 heavy (non-hydrogen) atoms. The van der Waals surface area contributed by atoms with Gasteiger partial charge in [0.25, 0.3) is 5.91 Å². The highest BCUT2D eigenvalue weighted by molar-refractivity contribution is 6.01. The molecule has 1 heterocycles. The molecule has 2 rings (SSSR count). The molecule has 0 atom stereocenters. The highest BCUT2D eigenvalue weighted by Gasteiger charge is 2.10. The predicted octanol–water partition coefficient (Wildman–Crippen LogP) is 0.900. The number of aromatic nitrogens is 3. The lowest BCUT2D eigenvalue weighted by Crippen LogP contribution is -2.13. The van der Waals surface area contributed by atoms with E-state index in [1.54, 1.807) is 19.1 Å². The van der Waals surface area contributed by atoms with Crippen molar-refractivity contribution < 1.29 is 9.90 Å². The van der Waals surface area contributed by atoms with Crippen LogP contribution < -0.4 is 5.32 Å². The monoisotopic (exact) mass is 246 g/mol. The van der Waals surface area contributed by atoms with Gasteiger partial charge in [-0.25, -0.2) is 4.98 Å². The first-order chi connectivity index (χ1) is 8.69. The molecule has 0 saturated heterocycles. The minimum atomic E-state index is -0.353. The van der Waals surface area contributed by atoms with E-state index in [1.807, 2.05) is 12.1 Å². The number of aryl methyl sites for hydroxylation is 1. The van der Waals surface area contributed by atoms with Crippen LogP contribution >= 0.6 is 0 Å². The molecule has 0 bridgehead atoms. The van der Waals surface area contributed by atoms with Crippen LogP contribution in [0.3, 0.4) is 0 Å².